The maximum atomic E-state index is 9.38. The zero-order chi connectivity index (χ0) is 11.2. The van der Waals surface area contributed by atoms with Gasteiger partial charge in [-0.3, -0.25) is 0 Å². The minimum Gasteiger partial charge on any atom is -0.383 e. The maximum Gasteiger partial charge on any atom is 0.0857 e. The van der Waals surface area contributed by atoms with Crippen LogP contribution in [0.5, 0.6) is 0 Å². The van der Waals surface area contributed by atoms with E-state index >= 15 is 0 Å². The van der Waals surface area contributed by atoms with E-state index in [0.717, 1.165) is 12.8 Å². The summed E-state index contributed by atoms with van der Waals surface area (Å²) in [6, 6.07) is 2.49. The molecule has 0 spiro atoms. The molecule has 0 rings (SSSR count). The van der Waals surface area contributed by atoms with Gasteiger partial charge in [-0.1, -0.05) is 40.5 Å². The predicted molar refractivity (Wildman–Crippen MR) is 58.8 cm³/mol. The molecule has 0 saturated heterocycles. The van der Waals surface area contributed by atoms with Crippen LogP contribution in [0.25, 0.3) is 0 Å². The van der Waals surface area contributed by atoms with Gasteiger partial charge in [-0.15, -0.1) is 0 Å². The van der Waals surface area contributed by atoms with Gasteiger partial charge in [-0.05, 0) is 11.8 Å². The minimum absolute atomic E-state index is 0.307. The summed E-state index contributed by atoms with van der Waals surface area (Å²) < 4.78 is 5.22. The van der Waals surface area contributed by atoms with Crippen LogP contribution in [0.4, 0.5) is 0 Å². The van der Waals surface area contributed by atoms with E-state index in [1.807, 2.05) is 0 Å². The molecule has 0 aromatic heterocycles. The Kier molecular flexibility index (Phi) is 5.79. The van der Waals surface area contributed by atoms with Crippen LogP contribution >= 0.6 is 0 Å². The lowest BCUT2D eigenvalue weighted by atomic mass is 9.67. The van der Waals surface area contributed by atoms with E-state index in [9.17, 15) is 5.26 Å². The summed E-state index contributed by atoms with van der Waals surface area (Å²) in [4.78, 5) is 0. The van der Waals surface area contributed by atoms with Gasteiger partial charge in [-0.2, -0.15) is 5.26 Å². The van der Waals surface area contributed by atoms with Crippen LogP contribution in [0, 0.1) is 28.6 Å². The first-order valence-corrected chi connectivity index (χ1v) is 5.49. The highest BCUT2D eigenvalue weighted by Gasteiger charge is 2.40. The van der Waals surface area contributed by atoms with Crippen molar-refractivity contribution >= 4 is 0 Å². The summed E-state index contributed by atoms with van der Waals surface area (Å²) in [5.74, 6) is 0.782. The highest BCUT2D eigenvalue weighted by molar-refractivity contribution is 5.04. The van der Waals surface area contributed by atoms with E-state index in [-0.39, 0.29) is 5.41 Å². The summed E-state index contributed by atoms with van der Waals surface area (Å²) in [7, 11) is 1.68. The van der Waals surface area contributed by atoms with Crippen LogP contribution in [0.1, 0.15) is 40.5 Å². The fraction of sp³-hybridized carbons (Fsp3) is 0.917. The molecule has 0 aliphatic carbocycles. The smallest absolute Gasteiger partial charge is 0.0857 e. The van der Waals surface area contributed by atoms with Crippen LogP contribution < -0.4 is 0 Å². The van der Waals surface area contributed by atoms with E-state index in [1.54, 1.807) is 7.11 Å². The molecule has 0 N–H and O–H groups in total. The summed E-state index contributed by atoms with van der Waals surface area (Å²) in [5, 5.41) is 9.38. The van der Waals surface area contributed by atoms with E-state index in [2.05, 4.69) is 33.8 Å². The van der Waals surface area contributed by atoms with Gasteiger partial charge in [0.1, 0.15) is 0 Å². The van der Waals surface area contributed by atoms with Gasteiger partial charge in [0, 0.05) is 7.11 Å². The molecule has 0 amide bonds. The molecule has 0 saturated carbocycles. The fourth-order valence-corrected chi connectivity index (χ4v) is 1.99. The van der Waals surface area contributed by atoms with Gasteiger partial charge in [0.25, 0.3) is 0 Å². The molecular formula is C12H23NO. The zero-order valence-electron chi connectivity index (χ0n) is 10.1. The van der Waals surface area contributed by atoms with Crippen LogP contribution in [0.15, 0.2) is 0 Å². The van der Waals surface area contributed by atoms with Crippen LogP contribution in [0.2, 0.25) is 0 Å². The normalized spacial score (nSPS) is 19.4. The minimum atomic E-state index is -0.307. The van der Waals surface area contributed by atoms with Crippen LogP contribution in [-0.4, -0.2) is 13.7 Å². The SMILES string of the molecule is CCC(C)C(C#N)(COC)C(C)CC. The second kappa shape index (κ2) is 6.03. The molecule has 0 aliphatic heterocycles. The van der Waals surface area contributed by atoms with Gasteiger partial charge in [-0.25, -0.2) is 0 Å². The van der Waals surface area contributed by atoms with Crippen LogP contribution in [-0.2, 0) is 4.74 Å². The van der Waals surface area contributed by atoms with Crippen molar-refractivity contribution in [3.8, 4) is 6.07 Å². The molecule has 0 aromatic carbocycles. The highest BCUT2D eigenvalue weighted by atomic mass is 16.5. The first kappa shape index (κ1) is 13.4. The first-order chi connectivity index (χ1) is 6.58. The van der Waals surface area contributed by atoms with Crippen molar-refractivity contribution < 1.29 is 4.74 Å². The Morgan fingerprint density at radius 2 is 1.64 bits per heavy atom. The van der Waals surface area contributed by atoms with Crippen molar-refractivity contribution in [1.82, 2.24) is 0 Å². The van der Waals surface area contributed by atoms with Gasteiger partial charge in [0.05, 0.1) is 18.1 Å². The van der Waals surface area contributed by atoms with E-state index < -0.39 is 0 Å². The lowest BCUT2D eigenvalue weighted by Gasteiger charge is -2.36. The fourth-order valence-electron chi connectivity index (χ4n) is 1.99. The molecule has 14 heavy (non-hydrogen) atoms. The third-order valence-corrected chi connectivity index (χ3v) is 3.57. The molecular weight excluding hydrogens is 174 g/mol. The molecule has 2 unspecified atom stereocenters. The average Bonchev–Trinajstić information content (AvgIpc) is 2.23. The Bertz CT molecular complexity index is 185. The van der Waals surface area contributed by atoms with E-state index in [1.165, 1.54) is 0 Å². The monoisotopic (exact) mass is 197 g/mol. The number of hydrogen-bond donors (Lipinski definition) is 0. The summed E-state index contributed by atoms with van der Waals surface area (Å²) in [6.07, 6.45) is 2.06. The lowest BCUT2D eigenvalue weighted by Crippen LogP contribution is -2.38. The predicted octanol–water partition coefficient (Wildman–Crippen LogP) is 3.23. The topological polar surface area (TPSA) is 33.0 Å². The van der Waals surface area contributed by atoms with Gasteiger partial charge in [0.15, 0.2) is 0 Å². The molecule has 0 aromatic rings. The van der Waals surface area contributed by atoms with Gasteiger partial charge < -0.3 is 4.74 Å². The van der Waals surface area contributed by atoms with Crippen molar-refractivity contribution in [2.75, 3.05) is 13.7 Å². The van der Waals surface area contributed by atoms with Crippen molar-refractivity contribution in [2.45, 2.75) is 40.5 Å². The number of ether oxygens (including phenoxy) is 1. The molecule has 0 heterocycles. The lowest BCUT2D eigenvalue weighted by molar-refractivity contribution is 0.0360. The first-order valence-electron chi connectivity index (χ1n) is 5.49. The summed E-state index contributed by atoms with van der Waals surface area (Å²) in [6.45, 7) is 9.11. The van der Waals surface area contributed by atoms with Gasteiger partial charge in [0.2, 0.25) is 0 Å². The third-order valence-electron chi connectivity index (χ3n) is 3.57. The molecule has 2 atom stereocenters. The zero-order valence-corrected chi connectivity index (χ0v) is 10.1. The molecule has 0 fully saturated rings. The quantitative estimate of drug-likeness (QED) is 0.655. The maximum absolute atomic E-state index is 9.38. The second-order valence-corrected chi connectivity index (χ2v) is 4.20. The number of rotatable bonds is 6. The largest absolute Gasteiger partial charge is 0.383 e. The number of nitriles is 1. The molecule has 0 radical (unpaired) electrons. The van der Waals surface area contributed by atoms with Crippen molar-refractivity contribution in [2.24, 2.45) is 17.3 Å². The average molecular weight is 197 g/mol. The van der Waals surface area contributed by atoms with Crippen molar-refractivity contribution in [1.29, 1.82) is 5.26 Å². The molecule has 0 aliphatic rings. The Labute approximate surface area is 88.3 Å². The molecule has 0 bridgehead atoms. The third kappa shape index (κ3) is 2.48. The molecule has 82 valence electrons. The van der Waals surface area contributed by atoms with Crippen molar-refractivity contribution in [3.05, 3.63) is 0 Å². The second-order valence-electron chi connectivity index (χ2n) is 4.20. The van der Waals surface area contributed by atoms with Crippen molar-refractivity contribution in [3.63, 3.8) is 0 Å². The highest BCUT2D eigenvalue weighted by Crippen LogP contribution is 2.39. The summed E-state index contributed by atoms with van der Waals surface area (Å²) in [5.41, 5.74) is -0.307. The Morgan fingerprint density at radius 3 is 1.86 bits per heavy atom. The number of hydrogen-bond acceptors (Lipinski definition) is 2. The van der Waals surface area contributed by atoms with E-state index in [0.29, 0.717) is 18.4 Å². The summed E-state index contributed by atoms with van der Waals surface area (Å²) >= 11 is 0. The number of nitrogens with zero attached hydrogens (tertiary/aromatic N) is 1. The standard InChI is InChI=1S/C12H23NO/c1-6-10(3)12(8-13,9-14-5)11(4)7-2/h10-11H,6-7,9H2,1-5H3. The molecule has 2 heteroatoms. The Morgan fingerprint density at radius 1 is 1.21 bits per heavy atom. The van der Waals surface area contributed by atoms with Crippen LogP contribution in [0.3, 0.4) is 0 Å². The van der Waals surface area contributed by atoms with Gasteiger partial charge >= 0.3 is 0 Å². The molecule has 2 nitrogen and oxygen atoms in total. The van der Waals surface area contributed by atoms with E-state index in [4.69, 9.17) is 4.74 Å². The Balaban J connectivity index is 4.89. The number of methoxy groups -OCH3 is 1. The Hall–Kier alpha value is -0.550.